The van der Waals surface area contributed by atoms with Crippen molar-refractivity contribution < 1.29 is 5.11 Å². The van der Waals surface area contributed by atoms with Crippen molar-refractivity contribution in [3.8, 4) is 0 Å². The van der Waals surface area contributed by atoms with Crippen LogP contribution < -0.4 is 16.0 Å². The number of hydrogen-bond donors (Lipinski definition) is 3. The Labute approximate surface area is 119 Å². The van der Waals surface area contributed by atoms with Gasteiger partial charge in [-0.15, -0.1) is 0 Å². The molecule has 0 saturated carbocycles. The van der Waals surface area contributed by atoms with Gasteiger partial charge in [0.05, 0.1) is 6.10 Å². The minimum absolute atomic E-state index is 0.0750. The quantitative estimate of drug-likeness (QED) is 0.740. The zero-order valence-corrected chi connectivity index (χ0v) is 12.2. The smallest absolute Gasteiger partial charge is 0.231 e. The first-order valence-corrected chi connectivity index (χ1v) is 7.25. The summed E-state index contributed by atoms with van der Waals surface area (Å²) < 4.78 is 0. The third-order valence-corrected chi connectivity index (χ3v) is 3.35. The van der Waals surface area contributed by atoms with Gasteiger partial charge in [-0.2, -0.15) is 15.0 Å². The maximum atomic E-state index is 9.39. The number of piperidine rings is 1. The predicted octanol–water partition coefficient (Wildman–Crippen LogP) is 1.02. The van der Waals surface area contributed by atoms with Crippen LogP contribution in [0, 0.1) is 0 Å². The van der Waals surface area contributed by atoms with Gasteiger partial charge in [0.15, 0.2) is 0 Å². The summed E-state index contributed by atoms with van der Waals surface area (Å²) in [5.41, 5.74) is 5.76. The molecular formula is C13H24N6O. The Kier molecular flexibility index (Phi) is 4.94. The molecule has 0 amide bonds. The molecule has 2 atom stereocenters. The molecule has 1 aliphatic rings. The maximum absolute atomic E-state index is 9.39. The summed E-state index contributed by atoms with van der Waals surface area (Å²) in [6.07, 6.45) is 3.84. The Bertz CT molecular complexity index is 433. The van der Waals surface area contributed by atoms with Gasteiger partial charge < -0.3 is 21.1 Å². The first kappa shape index (κ1) is 14.8. The third-order valence-electron chi connectivity index (χ3n) is 3.35. The molecule has 2 rings (SSSR count). The molecule has 7 heteroatoms. The Morgan fingerprint density at radius 3 is 2.55 bits per heavy atom. The molecule has 1 aromatic rings. The van der Waals surface area contributed by atoms with Crippen molar-refractivity contribution in [2.75, 3.05) is 29.0 Å². The number of anilines is 3. The third kappa shape index (κ3) is 4.19. The lowest BCUT2D eigenvalue weighted by atomic mass is 10.1. The summed E-state index contributed by atoms with van der Waals surface area (Å²) in [5, 5.41) is 12.6. The minimum Gasteiger partial charge on any atom is -0.393 e. The van der Waals surface area contributed by atoms with Crippen LogP contribution in [0.5, 0.6) is 0 Å². The largest absolute Gasteiger partial charge is 0.393 e. The molecule has 4 N–H and O–H groups in total. The average molecular weight is 280 g/mol. The molecule has 0 radical (unpaired) electrons. The molecule has 2 heterocycles. The molecule has 1 aromatic heterocycles. The van der Waals surface area contributed by atoms with Crippen molar-refractivity contribution >= 4 is 17.8 Å². The zero-order valence-electron chi connectivity index (χ0n) is 12.2. The van der Waals surface area contributed by atoms with E-state index in [1.54, 1.807) is 6.92 Å². The lowest BCUT2D eigenvalue weighted by Gasteiger charge is -2.27. The fourth-order valence-electron chi connectivity index (χ4n) is 2.47. The normalized spacial score (nSPS) is 18.6. The van der Waals surface area contributed by atoms with E-state index in [0.29, 0.717) is 18.3 Å². The Balaban J connectivity index is 2.07. The SMILES string of the molecule is CC(O)CC(C)Nc1nc(N)nc(N2CCCCC2)n1. The number of nitrogens with two attached hydrogens (primary N) is 1. The number of hydrogen-bond acceptors (Lipinski definition) is 7. The maximum Gasteiger partial charge on any atom is 0.231 e. The summed E-state index contributed by atoms with van der Waals surface area (Å²) >= 11 is 0. The Morgan fingerprint density at radius 1 is 1.20 bits per heavy atom. The van der Waals surface area contributed by atoms with E-state index < -0.39 is 0 Å². The van der Waals surface area contributed by atoms with E-state index in [-0.39, 0.29) is 18.1 Å². The minimum atomic E-state index is -0.363. The van der Waals surface area contributed by atoms with Crippen molar-refractivity contribution in [1.29, 1.82) is 0 Å². The number of nitrogens with zero attached hydrogens (tertiary/aromatic N) is 4. The van der Waals surface area contributed by atoms with Crippen LogP contribution in [0.1, 0.15) is 39.5 Å². The molecule has 1 aliphatic heterocycles. The molecule has 0 spiro atoms. The highest BCUT2D eigenvalue weighted by Gasteiger charge is 2.16. The van der Waals surface area contributed by atoms with Gasteiger partial charge in [0.25, 0.3) is 0 Å². The van der Waals surface area contributed by atoms with Gasteiger partial charge in [0, 0.05) is 19.1 Å². The van der Waals surface area contributed by atoms with Crippen LogP contribution in [-0.4, -0.2) is 45.3 Å². The van der Waals surface area contributed by atoms with Crippen LogP contribution >= 0.6 is 0 Å². The second kappa shape index (κ2) is 6.69. The molecule has 0 bridgehead atoms. The lowest BCUT2D eigenvalue weighted by Crippen LogP contribution is -2.32. The van der Waals surface area contributed by atoms with Crippen molar-refractivity contribution in [3.63, 3.8) is 0 Å². The Hall–Kier alpha value is -1.63. The standard InChI is InChI=1S/C13H24N6O/c1-9(8-10(2)20)15-12-16-11(14)17-13(18-12)19-6-4-3-5-7-19/h9-10,20H,3-8H2,1-2H3,(H3,14,15,16,17,18). The van der Waals surface area contributed by atoms with Crippen LogP contribution in [-0.2, 0) is 0 Å². The van der Waals surface area contributed by atoms with E-state index in [1.165, 1.54) is 6.42 Å². The van der Waals surface area contributed by atoms with E-state index in [9.17, 15) is 5.11 Å². The van der Waals surface area contributed by atoms with E-state index in [2.05, 4.69) is 25.2 Å². The van der Waals surface area contributed by atoms with Gasteiger partial charge in [-0.1, -0.05) is 0 Å². The van der Waals surface area contributed by atoms with Gasteiger partial charge in [0.1, 0.15) is 0 Å². The van der Waals surface area contributed by atoms with E-state index in [0.717, 1.165) is 25.9 Å². The summed E-state index contributed by atoms with van der Waals surface area (Å²) in [5.74, 6) is 1.35. The number of aliphatic hydroxyl groups is 1. The molecule has 1 saturated heterocycles. The van der Waals surface area contributed by atoms with E-state index in [4.69, 9.17) is 5.73 Å². The molecule has 0 aromatic carbocycles. The molecule has 112 valence electrons. The van der Waals surface area contributed by atoms with Crippen LogP contribution in [0.2, 0.25) is 0 Å². The molecule has 1 fully saturated rings. The van der Waals surface area contributed by atoms with Crippen LogP contribution in [0.25, 0.3) is 0 Å². The van der Waals surface area contributed by atoms with E-state index in [1.807, 2.05) is 6.92 Å². The van der Waals surface area contributed by atoms with Crippen molar-refractivity contribution in [3.05, 3.63) is 0 Å². The fourth-order valence-corrected chi connectivity index (χ4v) is 2.47. The second-order valence-corrected chi connectivity index (χ2v) is 5.50. The lowest BCUT2D eigenvalue weighted by molar-refractivity contribution is 0.179. The van der Waals surface area contributed by atoms with Crippen molar-refractivity contribution in [2.24, 2.45) is 0 Å². The van der Waals surface area contributed by atoms with Crippen LogP contribution in [0.4, 0.5) is 17.8 Å². The fraction of sp³-hybridized carbons (Fsp3) is 0.769. The summed E-state index contributed by atoms with van der Waals surface area (Å²) in [6, 6.07) is 0.0750. The molecule has 7 nitrogen and oxygen atoms in total. The summed E-state index contributed by atoms with van der Waals surface area (Å²) in [6.45, 7) is 5.67. The van der Waals surface area contributed by atoms with E-state index >= 15 is 0 Å². The van der Waals surface area contributed by atoms with Gasteiger partial charge in [-0.3, -0.25) is 0 Å². The molecular weight excluding hydrogens is 256 g/mol. The average Bonchev–Trinajstić information content (AvgIpc) is 2.38. The van der Waals surface area contributed by atoms with Crippen LogP contribution in [0.3, 0.4) is 0 Å². The van der Waals surface area contributed by atoms with Gasteiger partial charge in [0.2, 0.25) is 17.8 Å². The summed E-state index contributed by atoms with van der Waals surface area (Å²) in [4.78, 5) is 14.9. The number of aliphatic hydroxyl groups excluding tert-OH is 1. The highest BCUT2D eigenvalue weighted by Crippen LogP contribution is 2.18. The summed E-state index contributed by atoms with van der Waals surface area (Å²) in [7, 11) is 0. The molecule has 20 heavy (non-hydrogen) atoms. The molecule has 2 unspecified atom stereocenters. The number of nitrogens with one attached hydrogen (secondary N) is 1. The van der Waals surface area contributed by atoms with Gasteiger partial charge >= 0.3 is 0 Å². The topological polar surface area (TPSA) is 100 Å². The zero-order chi connectivity index (χ0) is 14.5. The van der Waals surface area contributed by atoms with Gasteiger partial charge in [-0.25, -0.2) is 0 Å². The first-order valence-electron chi connectivity index (χ1n) is 7.25. The van der Waals surface area contributed by atoms with Crippen LogP contribution in [0.15, 0.2) is 0 Å². The Morgan fingerprint density at radius 2 is 1.90 bits per heavy atom. The highest BCUT2D eigenvalue weighted by atomic mass is 16.3. The number of aromatic nitrogens is 3. The van der Waals surface area contributed by atoms with Crippen molar-refractivity contribution in [1.82, 2.24) is 15.0 Å². The second-order valence-electron chi connectivity index (χ2n) is 5.50. The number of rotatable bonds is 5. The highest BCUT2D eigenvalue weighted by molar-refractivity contribution is 5.42. The number of nitrogen functional groups attached to an aromatic ring is 1. The van der Waals surface area contributed by atoms with Crippen molar-refractivity contribution in [2.45, 2.75) is 51.7 Å². The monoisotopic (exact) mass is 280 g/mol. The van der Waals surface area contributed by atoms with Gasteiger partial charge in [-0.05, 0) is 39.5 Å². The first-order chi connectivity index (χ1) is 9.54. The molecule has 0 aliphatic carbocycles. The predicted molar refractivity (Wildman–Crippen MR) is 79.7 cm³/mol.